The number of benzene rings is 1. The molecule has 140 valence electrons. The molecule has 3 rings (SSSR count). The number of aliphatic hydroxyl groups is 1. The second kappa shape index (κ2) is 7.97. The highest BCUT2D eigenvalue weighted by Crippen LogP contribution is 2.24. The van der Waals surface area contributed by atoms with E-state index in [2.05, 4.69) is 5.16 Å². The minimum Gasteiger partial charge on any atom is -0.393 e. The quantitative estimate of drug-likeness (QED) is 0.853. The summed E-state index contributed by atoms with van der Waals surface area (Å²) >= 11 is 0. The van der Waals surface area contributed by atoms with Gasteiger partial charge in [0, 0.05) is 19.0 Å². The molecule has 1 amide bonds. The Morgan fingerprint density at radius 1 is 1.38 bits per heavy atom. The summed E-state index contributed by atoms with van der Waals surface area (Å²) in [5.74, 6) is -0.384. The Morgan fingerprint density at radius 3 is 2.85 bits per heavy atom. The van der Waals surface area contributed by atoms with Crippen LogP contribution in [0.15, 0.2) is 34.9 Å². The van der Waals surface area contributed by atoms with Crippen LogP contribution >= 0.6 is 0 Å². The van der Waals surface area contributed by atoms with Crippen LogP contribution in [0, 0.1) is 5.82 Å². The molecular weight excluding hydrogens is 339 g/mol. The monoisotopic (exact) mass is 362 g/mol. The van der Waals surface area contributed by atoms with Crippen LogP contribution in [0.1, 0.15) is 35.2 Å². The molecule has 1 aromatic carbocycles. The van der Waals surface area contributed by atoms with E-state index in [0.717, 1.165) is 24.1 Å². The number of carbonyl (C=O) groups excluding carboxylic acids is 1. The lowest BCUT2D eigenvalue weighted by Crippen LogP contribution is -2.56. The van der Waals surface area contributed by atoms with Gasteiger partial charge in [-0.15, -0.1) is 0 Å². The SMILES string of the molecule is CCCc1cc(C(=O)N2CCOC(CO)(Cc3ccc(F)cc3)C2)on1. The van der Waals surface area contributed by atoms with E-state index in [1.165, 1.54) is 12.1 Å². The summed E-state index contributed by atoms with van der Waals surface area (Å²) in [6, 6.07) is 7.72. The van der Waals surface area contributed by atoms with Crippen molar-refractivity contribution < 1.29 is 23.6 Å². The Labute approximate surface area is 151 Å². The van der Waals surface area contributed by atoms with Gasteiger partial charge in [0.1, 0.15) is 11.4 Å². The second-order valence-electron chi connectivity index (χ2n) is 6.65. The molecule has 2 aromatic rings. The van der Waals surface area contributed by atoms with E-state index in [1.807, 2.05) is 6.92 Å². The van der Waals surface area contributed by atoms with Crippen LogP contribution in [0.3, 0.4) is 0 Å². The fourth-order valence-electron chi connectivity index (χ4n) is 3.19. The Morgan fingerprint density at radius 2 is 2.15 bits per heavy atom. The number of nitrogens with zero attached hydrogens (tertiary/aromatic N) is 2. The van der Waals surface area contributed by atoms with Gasteiger partial charge in [0.15, 0.2) is 0 Å². The third-order valence-corrected chi connectivity index (χ3v) is 4.54. The molecule has 1 aliphatic heterocycles. The van der Waals surface area contributed by atoms with Crippen molar-refractivity contribution in [2.45, 2.75) is 31.8 Å². The first-order valence-corrected chi connectivity index (χ1v) is 8.79. The number of aliphatic hydroxyl groups excluding tert-OH is 1. The maximum atomic E-state index is 13.1. The summed E-state index contributed by atoms with van der Waals surface area (Å²) in [7, 11) is 0. The standard InChI is InChI=1S/C19H23FN2O4/c1-2-3-16-10-17(26-21-16)18(24)22-8-9-25-19(12-22,13-23)11-14-4-6-15(20)7-5-14/h4-7,10,23H,2-3,8-9,11-13H2,1H3. The number of rotatable bonds is 6. The molecule has 1 aromatic heterocycles. The molecule has 0 aliphatic carbocycles. The summed E-state index contributed by atoms with van der Waals surface area (Å²) in [4.78, 5) is 14.3. The minimum absolute atomic E-state index is 0.198. The molecule has 1 aliphatic rings. The summed E-state index contributed by atoms with van der Waals surface area (Å²) in [6.45, 7) is 2.73. The average molecular weight is 362 g/mol. The Bertz CT molecular complexity index is 746. The highest BCUT2D eigenvalue weighted by molar-refractivity contribution is 5.91. The van der Waals surface area contributed by atoms with Crippen molar-refractivity contribution in [3.05, 3.63) is 53.2 Å². The van der Waals surface area contributed by atoms with E-state index in [4.69, 9.17) is 9.26 Å². The molecule has 1 atom stereocenters. The van der Waals surface area contributed by atoms with E-state index >= 15 is 0 Å². The smallest absolute Gasteiger partial charge is 0.292 e. The van der Waals surface area contributed by atoms with Gasteiger partial charge in [0.25, 0.3) is 5.91 Å². The summed E-state index contributed by atoms with van der Waals surface area (Å²) in [5.41, 5.74) is 0.668. The van der Waals surface area contributed by atoms with Crippen molar-refractivity contribution in [1.82, 2.24) is 10.1 Å². The lowest BCUT2D eigenvalue weighted by Gasteiger charge is -2.41. The zero-order valence-electron chi connectivity index (χ0n) is 14.8. The van der Waals surface area contributed by atoms with Crippen LogP contribution in [0.4, 0.5) is 4.39 Å². The van der Waals surface area contributed by atoms with Crippen molar-refractivity contribution in [2.75, 3.05) is 26.3 Å². The molecule has 1 unspecified atom stereocenters. The van der Waals surface area contributed by atoms with Crippen molar-refractivity contribution in [2.24, 2.45) is 0 Å². The number of aryl methyl sites for hydroxylation is 1. The van der Waals surface area contributed by atoms with Crippen LogP contribution in [0.5, 0.6) is 0 Å². The van der Waals surface area contributed by atoms with Crippen molar-refractivity contribution in [3.63, 3.8) is 0 Å². The minimum atomic E-state index is -0.919. The summed E-state index contributed by atoms with van der Waals surface area (Å²) in [6.07, 6.45) is 2.05. The van der Waals surface area contributed by atoms with Gasteiger partial charge in [-0.3, -0.25) is 4.79 Å². The van der Waals surface area contributed by atoms with Crippen LogP contribution in [-0.4, -0.2) is 53.0 Å². The summed E-state index contributed by atoms with van der Waals surface area (Å²) in [5, 5.41) is 13.8. The number of amides is 1. The van der Waals surface area contributed by atoms with Gasteiger partial charge >= 0.3 is 0 Å². The molecule has 2 heterocycles. The van der Waals surface area contributed by atoms with Gasteiger partial charge in [-0.1, -0.05) is 30.6 Å². The number of hydrogen-bond acceptors (Lipinski definition) is 5. The normalized spacial score (nSPS) is 20.3. The lowest BCUT2D eigenvalue weighted by molar-refractivity contribution is -0.124. The Kier molecular flexibility index (Phi) is 5.68. The zero-order valence-corrected chi connectivity index (χ0v) is 14.8. The number of hydrogen-bond donors (Lipinski definition) is 1. The van der Waals surface area contributed by atoms with Crippen molar-refractivity contribution in [1.29, 1.82) is 0 Å². The van der Waals surface area contributed by atoms with Gasteiger partial charge in [-0.25, -0.2) is 4.39 Å². The number of aromatic nitrogens is 1. The maximum absolute atomic E-state index is 13.1. The highest BCUT2D eigenvalue weighted by atomic mass is 19.1. The van der Waals surface area contributed by atoms with Gasteiger partial charge in [0.05, 0.1) is 25.5 Å². The van der Waals surface area contributed by atoms with Gasteiger partial charge in [-0.2, -0.15) is 0 Å². The van der Waals surface area contributed by atoms with E-state index in [1.54, 1.807) is 23.1 Å². The van der Waals surface area contributed by atoms with Gasteiger partial charge in [0.2, 0.25) is 5.76 Å². The van der Waals surface area contributed by atoms with Crippen LogP contribution in [-0.2, 0) is 17.6 Å². The number of carbonyl (C=O) groups is 1. The Balaban J connectivity index is 1.73. The molecule has 26 heavy (non-hydrogen) atoms. The number of ether oxygens (including phenoxy) is 1. The molecule has 1 N–H and O–H groups in total. The third-order valence-electron chi connectivity index (χ3n) is 4.54. The summed E-state index contributed by atoms with van der Waals surface area (Å²) < 4.78 is 24.1. The predicted octanol–water partition coefficient (Wildman–Crippen LogP) is 2.21. The van der Waals surface area contributed by atoms with E-state index in [-0.39, 0.29) is 30.6 Å². The first-order valence-electron chi connectivity index (χ1n) is 8.79. The van der Waals surface area contributed by atoms with Crippen LogP contribution < -0.4 is 0 Å². The Hall–Kier alpha value is -2.25. The molecule has 0 radical (unpaired) electrons. The topological polar surface area (TPSA) is 75.8 Å². The fraction of sp³-hybridized carbons (Fsp3) is 0.474. The van der Waals surface area contributed by atoms with E-state index < -0.39 is 5.60 Å². The van der Waals surface area contributed by atoms with E-state index in [9.17, 15) is 14.3 Å². The first-order chi connectivity index (χ1) is 12.5. The zero-order chi connectivity index (χ0) is 18.6. The average Bonchev–Trinajstić information content (AvgIpc) is 3.12. The predicted molar refractivity (Wildman–Crippen MR) is 92.3 cm³/mol. The molecule has 7 heteroatoms. The fourth-order valence-corrected chi connectivity index (χ4v) is 3.19. The number of halogens is 1. The molecule has 6 nitrogen and oxygen atoms in total. The number of morpholine rings is 1. The van der Waals surface area contributed by atoms with Crippen molar-refractivity contribution >= 4 is 5.91 Å². The maximum Gasteiger partial charge on any atom is 0.292 e. The van der Waals surface area contributed by atoms with Gasteiger partial charge in [-0.05, 0) is 24.1 Å². The molecule has 0 saturated carbocycles. The van der Waals surface area contributed by atoms with Crippen LogP contribution in [0.25, 0.3) is 0 Å². The lowest BCUT2D eigenvalue weighted by atomic mass is 9.93. The van der Waals surface area contributed by atoms with Crippen molar-refractivity contribution in [3.8, 4) is 0 Å². The van der Waals surface area contributed by atoms with Crippen LogP contribution in [0.2, 0.25) is 0 Å². The molecule has 1 saturated heterocycles. The molecule has 0 bridgehead atoms. The van der Waals surface area contributed by atoms with Gasteiger partial charge < -0.3 is 19.3 Å². The largest absolute Gasteiger partial charge is 0.393 e. The molecule has 1 fully saturated rings. The molecule has 0 spiro atoms. The second-order valence-corrected chi connectivity index (χ2v) is 6.65. The highest BCUT2D eigenvalue weighted by Gasteiger charge is 2.39. The third kappa shape index (κ3) is 4.11. The first kappa shape index (κ1) is 18.5. The van der Waals surface area contributed by atoms with E-state index in [0.29, 0.717) is 19.6 Å². The molecular formula is C19H23FN2O4.